The molecule has 146 valence electrons. The summed E-state index contributed by atoms with van der Waals surface area (Å²) in [6.07, 6.45) is 0.227. The summed E-state index contributed by atoms with van der Waals surface area (Å²) in [5, 5.41) is 5.75. The third-order valence-corrected chi connectivity index (χ3v) is 3.93. The number of rotatable bonds is 7. The molecule has 2 rings (SSSR count). The van der Waals surface area contributed by atoms with E-state index in [2.05, 4.69) is 31.6 Å². The van der Waals surface area contributed by atoms with Crippen molar-refractivity contribution in [3.63, 3.8) is 0 Å². The second-order valence-corrected chi connectivity index (χ2v) is 6.18. The molecule has 1 amide bonds. The van der Waals surface area contributed by atoms with Gasteiger partial charge in [-0.25, -0.2) is 0 Å². The number of aliphatic imine (C=N–C) groups is 1. The number of benzene rings is 2. The van der Waals surface area contributed by atoms with Crippen molar-refractivity contribution in [3.8, 4) is 11.5 Å². The number of carbonyl (C=O) groups is 1. The van der Waals surface area contributed by atoms with Gasteiger partial charge in [0.05, 0.1) is 20.8 Å². The fourth-order valence-corrected chi connectivity index (χ4v) is 2.40. The molecule has 0 spiro atoms. The minimum absolute atomic E-state index is 0. The lowest BCUT2D eigenvalue weighted by molar-refractivity contribution is -0.116. The molecule has 0 aliphatic heterocycles. The predicted molar refractivity (Wildman–Crippen MR) is 122 cm³/mol. The number of halogens is 2. The summed E-state index contributed by atoms with van der Waals surface area (Å²) in [4.78, 5) is 16.1. The molecule has 0 unspecified atom stereocenters. The third kappa shape index (κ3) is 7.63. The number of hydrogen-bond acceptors (Lipinski definition) is 4. The standard InChI is InChI=1S/C18H21BrN4O3.HI/c1-25-15-8-7-14(11-16(15)26-2)23-18(20)21-10-9-17(24)22-13-5-3-12(19)4-6-13;/h3-8,11H,9-10H2,1-2H3,(H,22,24)(H3,20,21,23);1H. The minimum Gasteiger partial charge on any atom is -0.493 e. The lowest BCUT2D eigenvalue weighted by atomic mass is 10.3. The number of guanidine groups is 1. The minimum atomic E-state index is -0.130. The Labute approximate surface area is 183 Å². The number of ether oxygens (including phenoxy) is 2. The van der Waals surface area contributed by atoms with Crippen molar-refractivity contribution in [2.75, 3.05) is 31.4 Å². The van der Waals surface area contributed by atoms with Gasteiger partial charge < -0.3 is 25.8 Å². The van der Waals surface area contributed by atoms with E-state index >= 15 is 0 Å². The summed E-state index contributed by atoms with van der Waals surface area (Å²) >= 11 is 3.35. The van der Waals surface area contributed by atoms with E-state index in [9.17, 15) is 4.79 Å². The Balaban J connectivity index is 0.00000364. The maximum atomic E-state index is 11.9. The Kier molecular flexibility index (Phi) is 9.94. The van der Waals surface area contributed by atoms with E-state index in [0.29, 0.717) is 17.2 Å². The summed E-state index contributed by atoms with van der Waals surface area (Å²) in [6.45, 7) is 0.272. The molecule has 2 aromatic rings. The van der Waals surface area contributed by atoms with Crippen LogP contribution in [-0.4, -0.2) is 32.6 Å². The fourth-order valence-electron chi connectivity index (χ4n) is 2.14. The molecular weight excluding hydrogens is 527 g/mol. The number of carbonyl (C=O) groups excluding carboxylic acids is 1. The fraction of sp³-hybridized carbons (Fsp3) is 0.222. The Morgan fingerprint density at radius 3 is 2.30 bits per heavy atom. The Morgan fingerprint density at radius 1 is 1.04 bits per heavy atom. The van der Waals surface area contributed by atoms with Gasteiger partial charge in [-0.1, -0.05) is 15.9 Å². The number of hydrogen-bond donors (Lipinski definition) is 3. The van der Waals surface area contributed by atoms with E-state index in [1.165, 1.54) is 0 Å². The average Bonchev–Trinajstić information content (AvgIpc) is 2.63. The van der Waals surface area contributed by atoms with E-state index in [1.807, 2.05) is 24.3 Å². The van der Waals surface area contributed by atoms with Crippen molar-refractivity contribution in [2.24, 2.45) is 10.7 Å². The second kappa shape index (κ2) is 11.7. The molecule has 0 aliphatic rings. The van der Waals surface area contributed by atoms with Crippen LogP contribution in [0, 0.1) is 0 Å². The maximum Gasteiger partial charge on any atom is 0.226 e. The zero-order valence-corrected chi connectivity index (χ0v) is 18.9. The topological polar surface area (TPSA) is 98.0 Å². The van der Waals surface area contributed by atoms with Crippen LogP contribution in [0.2, 0.25) is 0 Å². The molecule has 7 nitrogen and oxygen atoms in total. The third-order valence-electron chi connectivity index (χ3n) is 3.40. The van der Waals surface area contributed by atoms with Crippen LogP contribution >= 0.6 is 39.9 Å². The summed E-state index contributed by atoms with van der Waals surface area (Å²) in [5.74, 6) is 1.29. The lowest BCUT2D eigenvalue weighted by Crippen LogP contribution is -2.23. The first-order valence-corrected chi connectivity index (χ1v) is 8.65. The van der Waals surface area contributed by atoms with E-state index in [1.54, 1.807) is 32.4 Å². The maximum absolute atomic E-state index is 11.9. The molecule has 0 atom stereocenters. The van der Waals surface area contributed by atoms with Gasteiger partial charge in [0, 0.05) is 28.3 Å². The summed E-state index contributed by atoms with van der Waals surface area (Å²) < 4.78 is 11.4. The van der Waals surface area contributed by atoms with Gasteiger partial charge in [-0.2, -0.15) is 0 Å². The highest BCUT2D eigenvalue weighted by Crippen LogP contribution is 2.29. The van der Waals surface area contributed by atoms with Crippen molar-refractivity contribution in [1.29, 1.82) is 0 Å². The highest BCUT2D eigenvalue weighted by molar-refractivity contribution is 14.0. The van der Waals surface area contributed by atoms with E-state index in [0.717, 1.165) is 10.2 Å². The van der Waals surface area contributed by atoms with Gasteiger partial charge in [-0.3, -0.25) is 9.79 Å². The molecular formula is C18H22BrIN4O3. The zero-order valence-electron chi connectivity index (χ0n) is 15.0. The van der Waals surface area contributed by atoms with Gasteiger partial charge in [0.1, 0.15) is 0 Å². The lowest BCUT2D eigenvalue weighted by Gasteiger charge is -2.11. The number of amides is 1. The molecule has 0 aliphatic carbocycles. The molecule has 9 heteroatoms. The molecule has 0 radical (unpaired) electrons. The van der Waals surface area contributed by atoms with Crippen molar-refractivity contribution >= 4 is 63.1 Å². The van der Waals surface area contributed by atoms with Gasteiger partial charge in [0.2, 0.25) is 5.91 Å². The highest BCUT2D eigenvalue weighted by Gasteiger charge is 2.06. The first-order valence-electron chi connectivity index (χ1n) is 7.86. The predicted octanol–water partition coefficient (Wildman–Crippen LogP) is 3.84. The molecule has 0 saturated carbocycles. The van der Waals surface area contributed by atoms with Crippen molar-refractivity contribution in [2.45, 2.75) is 6.42 Å². The smallest absolute Gasteiger partial charge is 0.226 e. The molecule has 0 aromatic heterocycles. The van der Waals surface area contributed by atoms with E-state index < -0.39 is 0 Å². The zero-order chi connectivity index (χ0) is 18.9. The summed E-state index contributed by atoms with van der Waals surface area (Å²) in [7, 11) is 3.13. The number of nitrogens with zero attached hydrogens (tertiary/aromatic N) is 1. The summed E-state index contributed by atoms with van der Waals surface area (Å²) in [6, 6.07) is 12.7. The second-order valence-electron chi connectivity index (χ2n) is 5.27. The van der Waals surface area contributed by atoms with Crippen LogP contribution in [0.1, 0.15) is 6.42 Å². The normalized spacial score (nSPS) is 10.6. The van der Waals surface area contributed by atoms with Crippen molar-refractivity contribution in [1.82, 2.24) is 0 Å². The first kappa shape index (κ1) is 23.0. The largest absolute Gasteiger partial charge is 0.493 e. The molecule has 0 saturated heterocycles. The SMILES string of the molecule is COc1ccc(NC(N)=NCCC(=O)Nc2ccc(Br)cc2)cc1OC.I. The van der Waals surface area contributed by atoms with Gasteiger partial charge in [-0.05, 0) is 36.4 Å². The molecule has 2 aromatic carbocycles. The molecule has 0 heterocycles. The molecule has 0 fully saturated rings. The monoisotopic (exact) mass is 548 g/mol. The Hall–Kier alpha value is -2.01. The van der Waals surface area contributed by atoms with Crippen molar-refractivity contribution < 1.29 is 14.3 Å². The van der Waals surface area contributed by atoms with Crippen LogP contribution in [0.15, 0.2) is 51.9 Å². The highest BCUT2D eigenvalue weighted by atomic mass is 127. The van der Waals surface area contributed by atoms with Crippen LogP contribution in [0.4, 0.5) is 11.4 Å². The van der Waals surface area contributed by atoms with E-state index in [4.69, 9.17) is 15.2 Å². The van der Waals surface area contributed by atoms with Gasteiger partial charge in [0.15, 0.2) is 17.5 Å². The average molecular weight is 549 g/mol. The first-order chi connectivity index (χ1) is 12.5. The quantitative estimate of drug-likeness (QED) is 0.277. The summed E-state index contributed by atoms with van der Waals surface area (Å²) in [5.41, 5.74) is 7.30. The Morgan fingerprint density at radius 2 is 1.67 bits per heavy atom. The van der Waals surface area contributed by atoms with Crippen LogP contribution in [0.5, 0.6) is 11.5 Å². The van der Waals surface area contributed by atoms with Crippen molar-refractivity contribution in [3.05, 3.63) is 46.9 Å². The molecule has 4 N–H and O–H groups in total. The Bertz CT molecular complexity index is 785. The number of nitrogens with one attached hydrogen (secondary N) is 2. The van der Waals surface area contributed by atoms with Crippen LogP contribution in [-0.2, 0) is 4.79 Å². The number of anilines is 2. The van der Waals surface area contributed by atoms with E-state index in [-0.39, 0.29) is 48.8 Å². The number of nitrogens with two attached hydrogens (primary N) is 1. The molecule has 27 heavy (non-hydrogen) atoms. The molecule has 0 bridgehead atoms. The van der Waals surface area contributed by atoms with Gasteiger partial charge in [-0.15, -0.1) is 24.0 Å². The van der Waals surface area contributed by atoms with Crippen LogP contribution in [0.25, 0.3) is 0 Å². The number of methoxy groups -OCH3 is 2. The van der Waals surface area contributed by atoms with Crippen LogP contribution in [0.3, 0.4) is 0 Å². The van der Waals surface area contributed by atoms with Gasteiger partial charge in [0.25, 0.3) is 0 Å². The van der Waals surface area contributed by atoms with Crippen LogP contribution < -0.4 is 25.8 Å². The van der Waals surface area contributed by atoms with Gasteiger partial charge >= 0.3 is 0 Å².